The summed E-state index contributed by atoms with van der Waals surface area (Å²) in [5.41, 5.74) is 5.67. The summed E-state index contributed by atoms with van der Waals surface area (Å²) in [6.45, 7) is 0.755. The number of anilines is 2. The van der Waals surface area contributed by atoms with Crippen LogP contribution in [0.3, 0.4) is 0 Å². The lowest BCUT2D eigenvalue weighted by Crippen LogP contribution is -2.32. The summed E-state index contributed by atoms with van der Waals surface area (Å²) >= 11 is 1.29. The largest absolute Gasteiger partial charge is 0.382 e. The van der Waals surface area contributed by atoms with E-state index in [1.165, 1.54) is 30.6 Å². The van der Waals surface area contributed by atoms with Crippen LogP contribution < -0.4 is 16.4 Å². The third-order valence-electron chi connectivity index (χ3n) is 2.85. The lowest BCUT2D eigenvalue weighted by Gasteiger charge is -2.25. The zero-order valence-electron chi connectivity index (χ0n) is 9.25. The number of nitrogens with zero attached hydrogens (tertiary/aromatic N) is 1. The summed E-state index contributed by atoms with van der Waals surface area (Å²) in [5.74, 6) is 0.853. The molecule has 0 radical (unpaired) electrons. The van der Waals surface area contributed by atoms with Crippen LogP contribution in [0.1, 0.15) is 28.9 Å². The van der Waals surface area contributed by atoms with Crippen molar-refractivity contribution in [2.45, 2.75) is 19.3 Å². The van der Waals surface area contributed by atoms with Crippen LogP contribution in [0.25, 0.3) is 0 Å². The number of thiazole rings is 1. The molecular formula is C10H16N4OS. The average Bonchev–Trinajstić information content (AvgIpc) is 2.57. The van der Waals surface area contributed by atoms with Gasteiger partial charge in [-0.05, 0) is 18.8 Å². The number of nitrogen functional groups attached to an aromatic ring is 1. The highest BCUT2D eigenvalue weighted by molar-refractivity contribution is 7.18. The molecule has 0 spiro atoms. The molecule has 0 aliphatic heterocycles. The molecule has 1 aromatic rings. The summed E-state index contributed by atoms with van der Waals surface area (Å²) in [7, 11) is 1.76. The average molecular weight is 240 g/mol. The number of aromatic nitrogens is 1. The van der Waals surface area contributed by atoms with Gasteiger partial charge < -0.3 is 16.4 Å². The number of hydrogen-bond donors (Lipinski definition) is 3. The Morgan fingerprint density at radius 3 is 2.88 bits per heavy atom. The van der Waals surface area contributed by atoms with Gasteiger partial charge in [-0.25, -0.2) is 4.98 Å². The number of nitrogens with one attached hydrogen (secondary N) is 2. The topological polar surface area (TPSA) is 80.0 Å². The third kappa shape index (κ3) is 2.27. The SMILES string of the molecule is CNc1nc(N)c(C(=O)NCC2CCC2)s1. The van der Waals surface area contributed by atoms with Crippen LogP contribution in [0.5, 0.6) is 0 Å². The molecule has 1 amide bonds. The molecule has 0 bridgehead atoms. The van der Waals surface area contributed by atoms with E-state index in [0.29, 0.717) is 21.7 Å². The van der Waals surface area contributed by atoms with Gasteiger partial charge in [-0.2, -0.15) is 0 Å². The Hall–Kier alpha value is -1.30. The monoisotopic (exact) mass is 240 g/mol. The van der Waals surface area contributed by atoms with E-state index in [-0.39, 0.29) is 5.91 Å². The Labute approximate surface area is 98.4 Å². The summed E-state index contributed by atoms with van der Waals surface area (Å²) in [6, 6.07) is 0. The predicted octanol–water partition coefficient (Wildman–Crippen LogP) is 1.30. The summed E-state index contributed by atoms with van der Waals surface area (Å²) < 4.78 is 0. The van der Waals surface area contributed by atoms with Gasteiger partial charge in [0.2, 0.25) is 0 Å². The molecule has 1 aromatic heterocycles. The summed E-state index contributed by atoms with van der Waals surface area (Å²) in [5, 5.41) is 6.45. The van der Waals surface area contributed by atoms with E-state index < -0.39 is 0 Å². The van der Waals surface area contributed by atoms with Gasteiger partial charge in [0.15, 0.2) is 5.13 Å². The Morgan fingerprint density at radius 1 is 1.62 bits per heavy atom. The summed E-state index contributed by atoms with van der Waals surface area (Å²) in [4.78, 5) is 16.3. The van der Waals surface area contributed by atoms with Crippen LogP contribution in [-0.4, -0.2) is 24.5 Å². The standard InChI is InChI=1S/C10H16N4OS/c1-12-10-14-8(11)7(16-10)9(15)13-5-6-3-2-4-6/h6H,2-5,11H2,1H3,(H,12,14)(H,13,15). The van der Waals surface area contributed by atoms with Crippen LogP contribution in [0.2, 0.25) is 0 Å². The molecule has 1 saturated carbocycles. The second-order valence-electron chi connectivity index (χ2n) is 3.99. The number of amides is 1. The van der Waals surface area contributed by atoms with Gasteiger partial charge in [-0.3, -0.25) is 4.79 Å². The van der Waals surface area contributed by atoms with Crippen LogP contribution in [0, 0.1) is 5.92 Å². The number of hydrogen-bond acceptors (Lipinski definition) is 5. The van der Waals surface area contributed by atoms with Gasteiger partial charge in [0, 0.05) is 13.6 Å². The summed E-state index contributed by atoms with van der Waals surface area (Å²) in [6.07, 6.45) is 3.73. The first-order chi connectivity index (χ1) is 7.70. The van der Waals surface area contributed by atoms with Crippen molar-refractivity contribution >= 4 is 28.2 Å². The van der Waals surface area contributed by atoms with Crippen molar-refractivity contribution in [2.75, 3.05) is 24.6 Å². The molecule has 6 heteroatoms. The van der Waals surface area contributed by atoms with Gasteiger partial charge in [0.1, 0.15) is 10.7 Å². The third-order valence-corrected chi connectivity index (χ3v) is 3.94. The second-order valence-corrected chi connectivity index (χ2v) is 4.99. The molecule has 16 heavy (non-hydrogen) atoms. The highest BCUT2D eigenvalue weighted by atomic mass is 32.1. The smallest absolute Gasteiger partial charge is 0.265 e. The molecule has 0 unspecified atom stereocenters. The Kier molecular flexibility index (Phi) is 3.28. The van der Waals surface area contributed by atoms with Crippen molar-refractivity contribution in [3.8, 4) is 0 Å². The molecule has 2 rings (SSSR count). The van der Waals surface area contributed by atoms with E-state index in [1.54, 1.807) is 7.05 Å². The van der Waals surface area contributed by atoms with E-state index in [4.69, 9.17) is 5.73 Å². The Balaban J connectivity index is 1.93. The maximum atomic E-state index is 11.8. The number of nitrogens with two attached hydrogens (primary N) is 1. The molecule has 1 fully saturated rings. The fourth-order valence-corrected chi connectivity index (χ4v) is 2.37. The van der Waals surface area contributed by atoms with E-state index >= 15 is 0 Å². The highest BCUT2D eigenvalue weighted by Crippen LogP contribution is 2.27. The lowest BCUT2D eigenvalue weighted by atomic mass is 9.85. The molecule has 0 aromatic carbocycles. The molecule has 5 nitrogen and oxygen atoms in total. The number of rotatable bonds is 4. The van der Waals surface area contributed by atoms with E-state index in [2.05, 4.69) is 15.6 Å². The number of carbonyl (C=O) groups excluding carboxylic acids is 1. The van der Waals surface area contributed by atoms with Gasteiger partial charge in [0.05, 0.1) is 0 Å². The van der Waals surface area contributed by atoms with Gasteiger partial charge in [-0.1, -0.05) is 17.8 Å². The van der Waals surface area contributed by atoms with Crippen LogP contribution >= 0.6 is 11.3 Å². The van der Waals surface area contributed by atoms with Crippen molar-refractivity contribution in [2.24, 2.45) is 5.92 Å². The maximum Gasteiger partial charge on any atom is 0.265 e. The lowest BCUT2D eigenvalue weighted by molar-refractivity contribution is 0.0944. The first-order valence-electron chi connectivity index (χ1n) is 5.43. The molecule has 0 atom stereocenters. The highest BCUT2D eigenvalue weighted by Gasteiger charge is 2.20. The van der Waals surface area contributed by atoms with Gasteiger partial charge >= 0.3 is 0 Å². The first-order valence-corrected chi connectivity index (χ1v) is 6.24. The predicted molar refractivity (Wildman–Crippen MR) is 65.7 cm³/mol. The molecule has 88 valence electrons. The Bertz CT molecular complexity index is 386. The van der Waals surface area contributed by atoms with Crippen molar-refractivity contribution in [1.82, 2.24) is 10.3 Å². The minimum absolute atomic E-state index is 0.108. The fourth-order valence-electron chi connectivity index (χ4n) is 1.62. The first kappa shape index (κ1) is 11.2. The van der Waals surface area contributed by atoms with Gasteiger partial charge in [0.25, 0.3) is 5.91 Å². The van der Waals surface area contributed by atoms with Crippen molar-refractivity contribution in [3.05, 3.63) is 4.88 Å². The molecule has 1 aliphatic carbocycles. The normalized spacial score (nSPS) is 15.6. The minimum atomic E-state index is -0.108. The van der Waals surface area contributed by atoms with Crippen LogP contribution in [0.4, 0.5) is 10.9 Å². The molecule has 1 heterocycles. The van der Waals surface area contributed by atoms with Gasteiger partial charge in [-0.15, -0.1) is 0 Å². The molecule has 0 saturated heterocycles. The molecule has 4 N–H and O–H groups in total. The van der Waals surface area contributed by atoms with Crippen molar-refractivity contribution < 1.29 is 4.79 Å². The quantitative estimate of drug-likeness (QED) is 0.741. The fraction of sp³-hybridized carbons (Fsp3) is 0.600. The number of carbonyl (C=O) groups is 1. The maximum absolute atomic E-state index is 11.8. The van der Waals surface area contributed by atoms with Crippen LogP contribution in [0.15, 0.2) is 0 Å². The molecule has 1 aliphatic rings. The zero-order valence-corrected chi connectivity index (χ0v) is 10.1. The van der Waals surface area contributed by atoms with Crippen molar-refractivity contribution in [1.29, 1.82) is 0 Å². The van der Waals surface area contributed by atoms with Crippen LogP contribution in [-0.2, 0) is 0 Å². The zero-order chi connectivity index (χ0) is 11.5. The minimum Gasteiger partial charge on any atom is -0.382 e. The van der Waals surface area contributed by atoms with E-state index in [0.717, 1.165) is 6.54 Å². The van der Waals surface area contributed by atoms with E-state index in [1.807, 2.05) is 0 Å². The van der Waals surface area contributed by atoms with Crippen molar-refractivity contribution in [3.63, 3.8) is 0 Å². The second kappa shape index (κ2) is 4.69. The Morgan fingerprint density at radius 2 is 2.38 bits per heavy atom. The van der Waals surface area contributed by atoms with E-state index in [9.17, 15) is 4.79 Å². The molecular weight excluding hydrogens is 224 g/mol.